The molecule has 2 aliphatic rings. The predicted molar refractivity (Wildman–Crippen MR) is 76.8 cm³/mol. The summed E-state index contributed by atoms with van der Waals surface area (Å²) >= 11 is 0. The van der Waals surface area contributed by atoms with E-state index in [1.165, 1.54) is 44.3 Å². The highest BCUT2D eigenvalue weighted by molar-refractivity contribution is 5.28. The van der Waals surface area contributed by atoms with Gasteiger partial charge in [0.05, 0.1) is 6.07 Å². The Hall–Kier alpha value is -1.33. The van der Waals surface area contributed by atoms with Crippen LogP contribution in [-0.4, -0.2) is 24.0 Å². The van der Waals surface area contributed by atoms with Crippen LogP contribution in [0.25, 0.3) is 0 Å². The van der Waals surface area contributed by atoms with Crippen LogP contribution in [0.2, 0.25) is 0 Å². The Morgan fingerprint density at radius 3 is 2.58 bits per heavy atom. The van der Waals surface area contributed by atoms with Crippen molar-refractivity contribution >= 4 is 0 Å². The molecular weight excluding hydrogens is 232 g/mol. The zero-order valence-corrected chi connectivity index (χ0v) is 11.5. The zero-order valence-electron chi connectivity index (χ0n) is 11.5. The van der Waals surface area contributed by atoms with Crippen molar-refractivity contribution in [3.05, 3.63) is 35.4 Å². The van der Waals surface area contributed by atoms with Gasteiger partial charge in [0.2, 0.25) is 0 Å². The lowest BCUT2D eigenvalue weighted by molar-refractivity contribution is 0.193. The number of hydrogen-bond donors (Lipinski definition) is 0. The maximum absolute atomic E-state index is 9.04. The number of nitrogens with zero attached hydrogens (tertiary/aromatic N) is 2. The molecule has 2 nitrogen and oxygen atoms in total. The van der Waals surface area contributed by atoms with Crippen LogP contribution < -0.4 is 0 Å². The van der Waals surface area contributed by atoms with Crippen LogP contribution in [0, 0.1) is 17.2 Å². The Balaban J connectivity index is 1.66. The summed E-state index contributed by atoms with van der Waals surface area (Å²) in [7, 11) is 0. The van der Waals surface area contributed by atoms with Crippen LogP contribution >= 0.6 is 0 Å². The van der Waals surface area contributed by atoms with Crippen LogP contribution in [0.3, 0.4) is 0 Å². The summed E-state index contributed by atoms with van der Waals surface area (Å²) in [5.74, 6) is 0.308. The third kappa shape index (κ3) is 2.82. The average molecular weight is 254 g/mol. The van der Waals surface area contributed by atoms with Gasteiger partial charge in [0.1, 0.15) is 0 Å². The number of fused-ring (bicyclic) bond motifs is 1. The Kier molecular flexibility index (Phi) is 3.84. The minimum atomic E-state index is 0.308. The number of nitriles is 1. The van der Waals surface area contributed by atoms with Crippen LogP contribution in [0.5, 0.6) is 0 Å². The summed E-state index contributed by atoms with van der Waals surface area (Å²) in [5.41, 5.74) is 3.07. The van der Waals surface area contributed by atoms with E-state index in [9.17, 15) is 0 Å². The molecule has 0 N–H and O–H groups in total. The van der Waals surface area contributed by atoms with Crippen molar-refractivity contribution in [2.75, 3.05) is 13.1 Å². The van der Waals surface area contributed by atoms with Gasteiger partial charge in [0.25, 0.3) is 0 Å². The molecule has 2 heteroatoms. The normalized spacial score (nSPS) is 28.2. The van der Waals surface area contributed by atoms with Gasteiger partial charge in [-0.05, 0) is 56.2 Å². The number of aryl methyl sites for hydroxylation is 1. The molecule has 0 radical (unpaired) electrons. The van der Waals surface area contributed by atoms with Crippen molar-refractivity contribution in [1.29, 1.82) is 5.26 Å². The molecule has 19 heavy (non-hydrogen) atoms. The maximum Gasteiger partial charge on any atom is 0.0656 e. The smallest absolute Gasteiger partial charge is 0.0656 e. The van der Waals surface area contributed by atoms with Crippen molar-refractivity contribution in [2.45, 2.75) is 44.6 Å². The molecule has 1 aliphatic heterocycles. The molecule has 1 heterocycles. The van der Waals surface area contributed by atoms with E-state index in [0.717, 1.165) is 12.8 Å². The van der Waals surface area contributed by atoms with Crippen LogP contribution in [0.1, 0.15) is 36.8 Å². The lowest BCUT2D eigenvalue weighted by atomic mass is 9.97. The fourth-order valence-electron chi connectivity index (χ4n) is 3.67. The topological polar surface area (TPSA) is 27.0 Å². The highest BCUT2D eigenvalue weighted by Gasteiger charge is 2.29. The Bertz CT molecular complexity index is 474. The summed E-state index contributed by atoms with van der Waals surface area (Å²) in [5, 5.41) is 9.04. The highest BCUT2D eigenvalue weighted by atomic mass is 15.2. The molecule has 0 spiro atoms. The summed E-state index contributed by atoms with van der Waals surface area (Å²) < 4.78 is 0. The van der Waals surface area contributed by atoms with Crippen molar-refractivity contribution < 1.29 is 0 Å². The van der Waals surface area contributed by atoms with E-state index in [4.69, 9.17) is 5.26 Å². The SMILES string of the molecule is N#CC1CCC(N2CCCc3ccccc3CC2)C1. The first-order valence-corrected chi connectivity index (χ1v) is 7.57. The standard InChI is InChI=1S/C17H22N2/c18-13-14-7-8-17(12-14)19-10-3-6-15-4-1-2-5-16(15)9-11-19/h1-2,4-5,14,17H,3,6-12H2. The average Bonchev–Trinajstić information content (AvgIpc) is 2.88. The molecule has 0 saturated heterocycles. The van der Waals surface area contributed by atoms with Crippen LogP contribution in [0.4, 0.5) is 0 Å². The van der Waals surface area contributed by atoms with Gasteiger partial charge in [0.15, 0.2) is 0 Å². The summed E-state index contributed by atoms with van der Waals surface area (Å²) in [6.45, 7) is 2.37. The number of rotatable bonds is 1. The van der Waals surface area contributed by atoms with E-state index in [1.807, 2.05) is 0 Å². The van der Waals surface area contributed by atoms with Gasteiger partial charge in [-0.15, -0.1) is 0 Å². The van der Waals surface area contributed by atoms with Gasteiger partial charge >= 0.3 is 0 Å². The highest BCUT2D eigenvalue weighted by Crippen LogP contribution is 2.30. The van der Waals surface area contributed by atoms with Gasteiger partial charge in [-0.25, -0.2) is 0 Å². The molecule has 1 aliphatic carbocycles. The van der Waals surface area contributed by atoms with E-state index in [2.05, 4.69) is 35.2 Å². The molecule has 0 bridgehead atoms. The minimum Gasteiger partial charge on any atom is -0.300 e. The monoisotopic (exact) mass is 254 g/mol. The molecular formula is C17H22N2. The molecule has 0 aromatic heterocycles. The Morgan fingerprint density at radius 2 is 1.84 bits per heavy atom. The lowest BCUT2D eigenvalue weighted by Gasteiger charge is -2.31. The van der Waals surface area contributed by atoms with Gasteiger partial charge < -0.3 is 4.90 Å². The molecule has 100 valence electrons. The van der Waals surface area contributed by atoms with Crippen molar-refractivity contribution in [1.82, 2.24) is 4.90 Å². The molecule has 1 aromatic carbocycles. The first-order chi connectivity index (χ1) is 9.36. The maximum atomic E-state index is 9.04. The molecule has 2 unspecified atom stereocenters. The second-order valence-corrected chi connectivity index (χ2v) is 5.95. The van der Waals surface area contributed by atoms with Gasteiger partial charge in [-0.3, -0.25) is 0 Å². The summed E-state index contributed by atoms with van der Waals surface area (Å²) in [4.78, 5) is 2.65. The van der Waals surface area contributed by atoms with Crippen LogP contribution in [0.15, 0.2) is 24.3 Å². The minimum absolute atomic E-state index is 0.308. The van der Waals surface area contributed by atoms with Gasteiger partial charge in [0, 0.05) is 18.5 Å². The molecule has 1 fully saturated rings. The predicted octanol–water partition coefficient (Wildman–Crippen LogP) is 3.17. The first kappa shape index (κ1) is 12.7. The van der Waals surface area contributed by atoms with Gasteiger partial charge in [-0.2, -0.15) is 5.26 Å². The van der Waals surface area contributed by atoms with E-state index in [0.29, 0.717) is 12.0 Å². The second-order valence-electron chi connectivity index (χ2n) is 5.95. The van der Waals surface area contributed by atoms with E-state index < -0.39 is 0 Å². The molecule has 1 aromatic rings. The van der Waals surface area contributed by atoms with Crippen LogP contribution in [-0.2, 0) is 12.8 Å². The third-order valence-corrected chi connectivity index (χ3v) is 4.78. The Labute approximate surface area is 116 Å². The molecule has 2 atom stereocenters. The lowest BCUT2D eigenvalue weighted by Crippen LogP contribution is -2.37. The Morgan fingerprint density at radius 1 is 1.05 bits per heavy atom. The first-order valence-electron chi connectivity index (χ1n) is 7.57. The largest absolute Gasteiger partial charge is 0.300 e. The number of hydrogen-bond acceptors (Lipinski definition) is 2. The van der Waals surface area contributed by atoms with E-state index in [-0.39, 0.29) is 0 Å². The summed E-state index contributed by atoms with van der Waals surface area (Å²) in [6, 6.07) is 12.0. The van der Waals surface area contributed by atoms with Crippen molar-refractivity contribution in [3.8, 4) is 6.07 Å². The molecule has 1 saturated carbocycles. The second kappa shape index (κ2) is 5.75. The number of benzene rings is 1. The third-order valence-electron chi connectivity index (χ3n) is 4.78. The quantitative estimate of drug-likeness (QED) is 0.769. The fourth-order valence-corrected chi connectivity index (χ4v) is 3.67. The molecule has 3 rings (SSSR count). The van der Waals surface area contributed by atoms with Gasteiger partial charge in [-0.1, -0.05) is 24.3 Å². The summed E-state index contributed by atoms with van der Waals surface area (Å²) in [6.07, 6.45) is 7.06. The van der Waals surface area contributed by atoms with E-state index in [1.54, 1.807) is 5.56 Å². The fraction of sp³-hybridized carbons (Fsp3) is 0.588. The zero-order chi connectivity index (χ0) is 13.1. The van der Waals surface area contributed by atoms with Crippen molar-refractivity contribution in [3.63, 3.8) is 0 Å². The molecule has 0 amide bonds. The van der Waals surface area contributed by atoms with E-state index >= 15 is 0 Å². The van der Waals surface area contributed by atoms with Crippen molar-refractivity contribution in [2.24, 2.45) is 5.92 Å².